The van der Waals surface area contributed by atoms with E-state index in [0.717, 1.165) is 19.3 Å². The molecule has 0 aromatic rings. The molecule has 3 rings (SSSR count). The lowest BCUT2D eigenvalue weighted by Crippen LogP contribution is -2.46. The van der Waals surface area contributed by atoms with Gasteiger partial charge in [0.1, 0.15) is 6.10 Å². The Morgan fingerprint density at radius 2 is 1.44 bits per heavy atom. The maximum atomic E-state index is 12.7. The van der Waals surface area contributed by atoms with E-state index in [4.69, 9.17) is 9.47 Å². The molecule has 0 amide bonds. The fraction of sp³-hybridized carbons (Fsp3) is 0.882. The van der Waals surface area contributed by atoms with Gasteiger partial charge in [0.15, 0.2) is 0 Å². The second kappa shape index (κ2) is 7.89. The summed E-state index contributed by atoms with van der Waals surface area (Å²) < 4.78 is 78.4. The molecule has 5 unspecified atom stereocenters. The highest BCUT2D eigenvalue weighted by Gasteiger charge is 2.59. The van der Waals surface area contributed by atoms with E-state index < -0.39 is 54.7 Å². The second-order valence-corrected chi connectivity index (χ2v) is 7.27. The minimum Gasteiger partial charge on any atom is -0.462 e. The molecule has 0 aromatic carbocycles. The summed E-state index contributed by atoms with van der Waals surface area (Å²) in [6.45, 7) is 0. The number of hydrogen-bond acceptors (Lipinski definition) is 5. The van der Waals surface area contributed by atoms with Gasteiger partial charge in [0, 0.05) is 0 Å². The Balaban J connectivity index is 1.70. The molecule has 3 fully saturated rings. The van der Waals surface area contributed by atoms with Crippen molar-refractivity contribution < 1.29 is 45.8 Å². The minimum atomic E-state index is -5.40. The number of esters is 2. The van der Waals surface area contributed by atoms with Crippen molar-refractivity contribution in [1.82, 2.24) is 0 Å². The number of halogens is 5. The fourth-order valence-corrected chi connectivity index (χ4v) is 4.17. The van der Waals surface area contributed by atoms with Gasteiger partial charge in [0.05, 0.1) is 24.0 Å². The average molecular weight is 400 g/mol. The molecule has 154 valence electrons. The second-order valence-electron chi connectivity index (χ2n) is 7.27. The lowest BCUT2D eigenvalue weighted by molar-refractivity contribution is -0.251. The van der Waals surface area contributed by atoms with Crippen LogP contribution in [0.15, 0.2) is 0 Å². The highest BCUT2D eigenvalue weighted by atomic mass is 19.4. The van der Waals surface area contributed by atoms with Crippen molar-refractivity contribution in [2.24, 2.45) is 11.8 Å². The Bertz CT molecular complexity index is 560. The molecule has 5 nitrogen and oxygen atoms in total. The summed E-state index contributed by atoms with van der Waals surface area (Å²) in [6.07, 6.45) is -9.62. The van der Waals surface area contributed by atoms with Crippen LogP contribution in [0.4, 0.5) is 22.0 Å². The third-order valence-corrected chi connectivity index (χ3v) is 5.45. The largest absolute Gasteiger partial charge is 0.462 e. The molecule has 2 bridgehead atoms. The first-order valence-electron chi connectivity index (χ1n) is 9.10. The van der Waals surface area contributed by atoms with Crippen LogP contribution in [0.1, 0.15) is 44.9 Å². The normalized spacial score (nSPS) is 32.5. The highest BCUT2D eigenvalue weighted by Crippen LogP contribution is 2.45. The van der Waals surface area contributed by atoms with Crippen LogP contribution in [0.2, 0.25) is 0 Å². The Morgan fingerprint density at radius 3 is 1.96 bits per heavy atom. The summed E-state index contributed by atoms with van der Waals surface area (Å²) in [5.74, 6) is -4.69. The molecule has 0 radical (unpaired) electrons. The number of alkyl halides is 5. The van der Waals surface area contributed by atoms with Crippen molar-refractivity contribution in [3.05, 3.63) is 0 Å². The van der Waals surface area contributed by atoms with Crippen molar-refractivity contribution in [3.8, 4) is 0 Å². The SMILES string of the molecule is O=C(OC1CCCCC1)C1C2CCC(O2)C1C(=O)OC(C(F)F)C(F)(F)F. The van der Waals surface area contributed by atoms with Crippen molar-refractivity contribution >= 4 is 11.9 Å². The van der Waals surface area contributed by atoms with Gasteiger partial charge in [-0.15, -0.1) is 0 Å². The zero-order chi connectivity index (χ0) is 19.8. The standard InChI is InChI=1S/C17H21F5O5/c18-14(19)13(17(20,21)22)27-16(24)12-10-7-6-9(26-10)11(12)15(23)25-8-4-2-1-3-5-8/h8-14H,1-7H2. The molecule has 0 aromatic heterocycles. The van der Waals surface area contributed by atoms with Gasteiger partial charge in [-0.2, -0.15) is 13.2 Å². The summed E-state index contributed by atoms with van der Waals surface area (Å²) >= 11 is 0. The first-order valence-corrected chi connectivity index (χ1v) is 9.10. The predicted molar refractivity (Wildman–Crippen MR) is 79.8 cm³/mol. The molecular weight excluding hydrogens is 379 g/mol. The number of rotatable bonds is 5. The minimum absolute atomic E-state index is 0.300. The topological polar surface area (TPSA) is 61.8 Å². The average Bonchev–Trinajstić information content (AvgIpc) is 3.20. The van der Waals surface area contributed by atoms with E-state index in [1.165, 1.54) is 0 Å². The van der Waals surface area contributed by atoms with E-state index in [1.807, 2.05) is 0 Å². The molecular formula is C17H21F5O5. The van der Waals surface area contributed by atoms with Crippen molar-refractivity contribution in [2.45, 2.75) is 82.0 Å². The first-order chi connectivity index (χ1) is 12.7. The molecule has 2 saturated heterocycles. The van der Waals surface area contributed by atoms with Crippen molar-refractivity contribution in [1.29, 1.82) is 0 Å². The molecule has 2 aliphatic heterocycles. The lowest BCUT2D eigenvalue weighted by Gasteiger charge is -2.29. The zero-order valence-corrected chi connectivity index (χ0v) is 14.4. The molecule has 3 aliphatic rings. The molecule has 5 atom stereocenters. The Morgan fingerprint density at radius 1 is 0.889 bits per heavy atom. The van der Waals surface area contributed by atoms with Crippen LogP contribution < -0.4 is 0 Å². The third-order valence-electron chi connectivity index (χ3n) is 5.45. The molecule has 0 N–H and O–H groups in total. The Labute approximate surface area is 152 Å². The maximum absolute atomic E-state index is 12.7. The number of ether oxygens (including phenoxy) is 3. The Kier molecular flexibility index (Phi) is 5.93. The number of fused-ring (bicyclic) bond motifs is 2. The quantitative estimate of drug-likeness (QED) is 0.523. The van der Waals surface area contributed by atoms with E-state index >= 15 is 0 Å². The van der Waals surface area contributed by atoms with Gasteiger partial charge in [-0.1, -0.05) is 6.42 Å². The summed E-state index contributed by atoms with van der Waals surface area (Å²) in [5.41, 5.74) is 0. The fourth-order valence-electron chi connectivity index (χ4n) is 4.17. The summed E-state index contributed by atoms with van der Waals surface area (Å²) in [6, 6.07) is 0. The zero-order valence-electron chi connectivity index (χ0n) is 14.4. The smallest absolute Gasteiger partial charge is 0.431 e. The monoisotopic (exact) mass is 400 g/mol. The predicted octanol–water partition coefficient (Wildman–Crippen LogP) is 3.40. The third kappa shape index (κ3) is 4.35. The van der Waals surface area contributed by atoms with E-state index in [-0.39, 0.29) is 6.10 Å². The van der Waals surface area contributed by atoms with Gasteiger partial charge in [0.2, 0.25) is 0 Å². The van der Waals surface area contributed by atoms with E-state index in [1.54, 1.807) is 0 Å². The molecule has 0 spiro atoms. The van der Waals surface area contributed by atoms with E-state index in [2.05, 4.69) is 4.74 Å². The summed E-state index contributed by atoms with van der Waals surface area (Å²) in [4.78, 5) is 24.8. The van der Waals surface area contributed by atoms with Crippen LogP contribution in [0.25, 0.3) is 0 Å². The highest BCUT2D eigenvalue weighted by molar-refractivity contribution is 5.84. The number of hydrogen-bond donors (Lipinski definition) is 0. The molecule has 1 aliphatic carbocycles. The van der Waals surface area contributed by atoms with Crippen molar-refractivity contribution in [3.63, 3.8) is 0 Å². The molecule has 10 heteroatoms. The van der Waals surface area contributed by atoms with Gasteiger partial charge >= 0.3 is 18.1 Å². The maximum Gasteiger partial charge on any atom is 0.431 e. The Hall–Kier alpha value is -1.45. The van der Waals surface area contributed by atoms with Crippen LogP contribution in [0.3, 0.4) is 0 Å². The van der Waals surface area contributed by atoms with Crippen molar-refractivity contribution in [2.75, 3.05) is 0 Å². The molecule has 27 heavy (non-hydrogen) atoms. The summed E-state index contributed by atoms with van der Waals surface area (Å²) in [7, 11) is 0. The number of carbonyl (C=O) groups excluding carboxylic acids is 2. The van der Waals surface area contributed by atoms with Gasteiger partial charge in [-0.05, 0) is 38.5 Å². The van der Waals surface area contributed by atoms with Crippen LogP contribution in [0.5, 0.6) is 0 Å². The van der Waals surface area contributed by atoms with Crippen LogP contribution in [-0.2, 0) is 23.8 Å². The van der Waals surface area contributed by atoms with Gasteiger partial charge in [-0.3, -0.25) is 9.59 Å². The van der Waals surface area contributed by atoms with Crippen LogP contribution >= 0.6 is 0 Å². The number of carbonyl (C=O) groups is 2. The van der Waals surface area contributed by atoms with Gasteiger partial charge in [-0.25, -0.2) is 8.78 Å². The van der Waals surface area contributed by atoms with Crippen LogP contribution in [0, 0.1) is 11.8 Å². The van der Waals surface area contributed by atoms with Crippen LogP contribution in [-0.4, -0.2) is 49.0 Å². The molecule has 2 heterocycles. The summed E-state index contributed by atoms with van der Waals surface area (Å²) in [5, 5.41) is 0. The van der Waals surface area contributed by atoms with Gasteiger partial charge in [0.25, 0.3) is 12.5 Å². The van der Waals surface area contributed by atoms with Gasteiger partial charge < -0.3 is 14.2 Å². The van der Waals surface area contributed by atoms with E-state index in [0.29, 0.717) is 25.7 Å². The van der Waals surface area contributed by atoms with E-state index in [9.17, 15) is 31.5 Å². The lowest BCUT2D eigenvalue weighted by atomic mass is 9.79. The first kappa shape index (κ1) is 20.3. The molecule has 1 saturated carbocycles.